The monoisotopic (exact) mass is 249 g/mol. The van der Waals surface area contributed by atoms with E-state index in [1.807, 2.05) is 6.20 Å². The van der Waals surface area contributed by atoms with Crippen LogP contribution in [0.5, 0.6) is 0 Å². The molecule has 2 rings (SSSR count). The molecule has 4 nitrogen and oxygen atoms in total. The Kier molecular flexibility index (Phi) is 3.21. The number of hydrogen-bond acceptors (Lipinski definition) is 2. The van der Waals surface area contributed by atoms with Crippen LogP contribution < -0.4 is 5.32 Å². The van der Waals surface area contributed by atoms with Gasteiger partial charge in [0.2, 0.25) is 5.91 Å². The third kappa shape index (κ3) is 2.16. The molecule has 0 unspecified atom stereocenters. The molecule has 18 heavy (non-hydrogen) atoms. The Balaban J connectivity index is 1.71. The molecule has 100 valence electrons. The maximum Gasteiger partial charge on any atom is 0.224 e. The number of aryl methyl sites for hydroxylation is 1. The molecule has 4 heteroatoms. The van der Waals surface area contributed by atoms with Crippen LogP contribution in [0.15, 0.2) is 12.4 Å². The predicted octanol–water partition coefficient (Wildman–Crippen LogP) is 2.14. The summed E-state index contributed by atoms with van der Waals surface area (Å²) in [4.78, 5) is 19.3. The highest BCUT2D eigenvalue weighted by molar-refractivity contribution is 5.84. The summed E-state index contributed by atoms with van der Waals surface area (Å²) in [5, 5.41) is 3.04. The minimum atomic E-state index is 0.123. The molecule has 2 N–H and O–H groups in total. The first-order valence-electron chi connectivity index (χ1n) is 6.63. The van der Waals surface area contributed by atoms with E-state index in [1.54, 1.807) is 6.20 Å². The minimum absolute atomic E-state index is 0.123. The van der Waals surface area contributed by atoms with Crippen LogP contribution in [0.2, 0.25) is 0 Å². The van der Waals surface area contributed by atoms with Crippen LogP contribution in [0, 0.1) is 16.7 Å². The van der Waals surface area contributed by atoms with Crippen LogP contribution in [0.25, 0.3) is 0 Å². The summed E-state index contributed by atoms with van der Waals surface area (Å²) in [5.74, 6) is 1.33. The van der Waals surface area contributed by atoms with Gasteiger partial charge in [-0.1, -0.05) is 27.7 Å². The number of H-pyrrole nitrogens is 1. The zero-order chi connectivity index (χ0) is 13.4. The largest absolute Gasteiger partial charge is 0.356 e. The van der Waals surface area contributed by atoms with Crippen molar-refractivity contribution in [2.45, 2.75) is 40.5 Å². The molecule has 0 spiro atoms. The number of amides is 1. The average molecular weight is 249 g/mol. The molecule has 1 saturated carbocycles. The lowest BCUT2D eigenvalue weighted by Crippen LogP contribution is -2.28. The van der Waals surface area contributed by atoms with E-state index in [9.17, 15) is 4.79 Å². The van der Waals surface area contributed by atoms with Crippen LogP contribution in [-0.2, 0) is 11.2 Å². The Labute approximate surface area is 109 Å². The molecule has 0 radical (unpaired) electrons. The number of carbonyl (C=O) groups excluding carboxylic acids is 1. The van der Waals surface area contributed by atoms with Crippen LogP contribution >= 0.6 is 0 Å². The van der Waals surface area contributed by atoms with Crippen LogP contribution in [0.4, 0.5) is 0 Å². The molecule has 1 amide bonds. The molecular weight excluding hydrogens is 226 g/mol. The molecule has 1 aliphatic carbocycles. The number of nitrogens with zero attached hydrogens (tertiary/aromatic N) is 1. The molecule has 0 saturated heterocycles. The van der Waals surface area contributed by atoms with E-state index < -0.39 is 0 Å². The van der Waals surface area contributed by atoms with E-state index in [4.69, 9.17) is 0 Å². The Morgan fingerprint density at radius 3 is 2.56 bits per heavy atom. The fourth-order valence-electron chi connectivity index (χ4n) is 2.86. The first kappa shape index (κ1) is 13.1. The van der Waals surface area contributed by atoms with E-state index in [-0.39, 0.29) is 22.7 Å². The summed E-state index contributed by atoms with van der Waals surface area (Å²) in [6.45, 7) is 9.39. The van der Waals surface area contributed by atoms with Crippen LogP contribution in [0.1, 0.15) is 39.9 Å². The van der Waals surface area contributed by atoms with Gasteiger partial charge >= 0.3 is 0 Å². The normalized spacial score (nSPS) is 20.7. The molecular formula is C14H23N3O. The van der Waals surface area contributed by atoms with E-state index in [2.05, 4.69) is 43.0 Å². The van der Waals surface area contributed by atoms with Gasteiger partial charge < -0.3 is 10.3 Å². The summed E-state index contributed by atoms with van der Waals surface area (Å²) in [6, 6.07) is 0. The standard InChI is InChI=1S/C14H23N3O/c1-13(2)11(14(13,3)4)12(18)17-7-5-6-10-15-8-9-16-10/h8-9,11H,5-7H2,1-4H3,(H,15,16)(H,17,18). The number of rotatable bonds is 5. The number of nitrogens with one attached hydrogen (secondary N) is 2. The molecule has 0 aliphatic heterocycles. The van der Waals surface area contributed by atoms with Gasteiger partial charge in [0, 0.05) is 31.3 Å². The zero-order valence-corrected chi connectivity index (χ0v) is 11.7. The van der Waals surface area contributed by atoms with Gasteiger partial charge in [-0.05, 0) is 17.3 Å². The van der Waals surface area contributed by atoms with E-state index in [0.717, 1.165) is 25.2 Å². The summed E-state index contributed by atoms with van der Waals surface area (Å²) >= 11 is 0. The topological polar surface area (TPSA) is 57.8 Å². The van der Waals surface area contributed by atoms with Crippen molar-refractivity contribution >= 4 is 5.91 Å². The van der Waals surface area contributed by atoms with Crippen LogP contribution in [0.3, 0.4) is 0 Å². The number of aromatic amines is 1. The molecule has 1 aliphatic rings. The van der Waals surface area contributed by atoms with Crippen molar-refractivity contribution in [2.75, 3.05) is 6.54 Å². The first-order chi connectivity index (χ1) is 8.37. The Morgan fingerprint density at radius 2 is 2.06 bits per heavy atom. The highest BCUT2D eigenvalue weighted by atomic mass is 16.2. The fourth-order valence-corrected chi connectivity index (χ4v) is 2.86. The second-order valence-corrected chi connectivity index (χ2v) is 6.31. The van der Waals surface area contributed by atoms with Crippen molar-refractivity contribution in [1.29, 1.82) is 0 Å². The maximum absolute atomic E-state index is 12.1. The molecule has 1 aromatic heterocycles. The van der Waals surface area contributed by atoms with Gasteiger partial charge in [-0.2, -0.15) is 0 Å². The minimum Gasteiger partial charge on any atom is -0.356 e. The number of imidazole rings is 1. The molecule has 1 fully saturated rings. The van der Waals surface area contributed by atoms with Crippen molar-refractivity contribution in [3.8, 4) is 0 Å². The van der Waals surface area contributed by atoms with Crippen molar-refractivity contribution < 1.29 is 4.79 Å². The van der Waals surface area contributed by atoms with Gasteiger partial charge in [-0.25, -0.2) is 4.98 Å². The van der Waals surface area contributed by atoms with E-state index in [1.165, 1.54) is 0 Å². The van der Waals surface area contributed by atoms with Gasteiger partial charge in [0.25, 0.3) is 0 Å². The van der Waals surface area contributed by atoms with Gasteiger partial charge in [-0.3, -0.25) is 4.79 Å². The summed E-state index contributed by atoms with van der Waals surface area (Å²) in [6.07, 6.45) is 5.38. The number of carbonyl (C=O) groups is 1. The summed E-state index contributed by atoms with van der Waals surface area (Å²) < 4.78 is 0. The molecule has 1 aromatic rings. The molecule has 0 aromatic carbocycles. The number of aromatic nitrogens is 2. The number of hydrogen-bond donors (Lipinski definition) is 2. The quantitative estimate of drug-likeness (QED) is 0.785. The molecule has 1 heterocycles. The SMILES string of the molecule is CC1(C)C(C(=O)NCCCc2ncc[nH]2)C1(C)C. The lowest BCUT2D eigenvalue weighted by Gasteiger charge is -2.05. The third-order valence-electron chi connectivity index (χ3n) is 4.73. The third-order valence-corrected chi connectivity index (χ3v) is 4.73. The summed E-state index contributed by atoms with van der Waals surface area (Å²) in [7, 11) is 0. The first-order valence-corrected chi connectivity index (χ1v) is 6.63. The maximum atomic E-state index is 12.1. The van der Waals surface area contributed by atoms with Gasteiger partial charge in [0.05, 0.1) is 0 Å². The highest BCUT2D eigenvalue weighted by Gasteiger charge is 2.68. The fraction of sp³-hybridized carbons (Fsp3) is 0.714. The van der Waals surface area contributed by atoms with Crippen molar-refractivity contribution in [2.24, 2.45) is 16.7 Å². The smallest absolute Gasteiger partial charge is 0.224 e. The van der Waals surface area contributed by atoms with E-state index in [0.29, 0.717) is 0 Å². The predicted molar refractivity (Wildman–Crippen MR) is 71.0 cm³/mol. The van der Waals surface area contributed by atoms with Crippen LogP contribution in [-0.4, -0.2) is 22.4 Å². The summed E-state index contributed by atoms with van der Waals surface area (Å²) in [5.41, 5.74) is 0.246. The second kappa shape index (κ2) is 4.41. The average Bonchev–Trinajstić information content (AvgIpc) is 2.69. The van der Waals surface area contributed by atoms with E-state index >= 15 is 0 Å². The van der Waals surface area contributed by atoms with Crippen molar-refractivity contribution in [3.63, 3.8) is 0 Å². The lowest BCUT2D eigenvalue weighted by atomic mass is 10.0. The van der Waals surface area contributed by atoms with Crippen molar-refractivity contribution in [3.05, 3.63) is 18.2 Å². The van der Waals surface area contributed by atoms with Gasteiger partial charge in [0.15, 0.2) is 0 Å². The Morgan fingerprint density at radius 1 is 1.39 bits per heavy atom. The second-order valence-electron chi connectivity index (χ2n) is 6.31. The van der Waals surface area contributed by atoms with Gasteiger partial charge in [0.1, 0.15) is 5.82 Å². The Bertz CT molecular complexity index is 406. The Hall–Kier alpha value is -1.32. The molecule has 0 atom stereocenters. The highest BCUT2D eigenvalue weighted by Crippen LogP contribution is 2.68. The van der Waals surface area contributed by atoms with Gasteiger partial charge in [-0.15, -0.1) is 0 Å². The zero-order valence-electron chi connectivity index (χ0n) is 11.7. The lowest BCUT2D eigenvalue weighted by molar-refractivity contribution is -0.123. The van der Waals surface area contributed by atoms with Crippen molar-refractivity contribution in [1.82, 2.24) is 15.3 Å². The molecule has 0 bridgehead atoms.